The normalized spacial score (nSPS) is 17.5. The molecule has 0 amide bonds. The second-order valence-electron chi connectivity index (χ2n) is 6.37. The van der Waals surface area contributed by atoms with Gasteiger partial charge in [-0.2, -0.15) is 0 Å². The Morgan fingerprint density at radius 2 is 1.15 bits per heavy atom. The molecular weight excluding hydrogens is 356 g/mol. The van der Waals surface area contributed by atoms with Crippen LogP contribution in [0.1, 0.15) is 25.0 Å². The molecule has 0 saturated heterocycles. The molecule has 0 N–H and O–H groups in total. The number of hydrogen-bond donors (Lipinski definition) is 0. The molecule has 0 aromatic heterocycles. The first-order valence-electron chi connectivity index (χ1n) is 8.51. The summed E-state index contributed by atoms with van der Waals surface area (Å²) in [5.41, 5.74) is 6.43. The molecule has 3 heteroatoms. The van der Waals surface area contributed by atoms with E-state index in [9.17, 15) is 4.79 Å². The van der Waals surface area contributed by atoms with Gasteiger partial charge in [0.05, 0.1) is 0 Å². The van der Waals surface area contributed by atoms with E-state index in [0.29, 0.717) is 0 Å². The van der Waals surface area contributed by atoms with Crippen LogP contribution in [0, 0.1) is 0 Å². The smallest absolute Gasteiger partial charge is 0.184 e. The zero-order valence-corrected chi connectivity index (χ0v) is 16.3. The molecule has 0 atom stereocenters. The van der Waals surface area contributed by atoms with Crippen molar-refractivity contribution in [3.63, 3.8) is 0 Å². The first kappa shape index (κ1) is 17.2. The number of Topliss-reactive ketones (excluding diaryl/α,β-unsaturated/α-hetero) is 1. The Labute approximate surface area is 162 Å². The Kier molecular flexibility index (Phi) is 4.75. The van der Waals surface area contributed by atoms with Crippen LogP contribution >= 0.6 is 21.6 Å². The Morgan fingerprint density at radius 3 is 1.73 bits per heavy atom. The summed E-state index contributed by atoms with van der Waals surface area (Å²) < 4.78 is 0. The summed E-state index contributed by atoms with van der Waals surface area (Å²) in [6.45, 7) is 3.80. The van der Waals surface area contributed by atoms with Crippen LogP contribution in [0.3, 0.4) is 0 Å². The first-order valence-corrected chi connectivity index (χ1v) is 10.7. The van der Waals surface area contributed by atoms with Gasteiger partial charge >= 0.3 is 0 Å². The fourth-order valence-corrected chi connectivity index (χ4v) is 6.05. The summed E-state index contributed by atoms with van der Waals surface area (Å²) in [6.07, 6.45) is 4.05. The predicted molar refractivity (Wildman–Crippen MR) is 114 cm³/mol. The molecule has 4 rings (SSSR count). The van der Waals surface area contributed by atoms with E-state index in [1.807, 2.05) is 38.1 Å². The van der Waals surface area contributed by atoms with Crippen LogP contribution in [-0.2, 0) is 4.79 Å². The Balaban J connectivity index is 1.96. The number of hydrogen-bond acceptors (Lipinski definition) is 3. The van der Waals surface area contributed by atoms with Crippen molar-refractivity contribution < 1.29 is 4.79 Å². The van der Waals surface area contributed by atoms with Crippen molar-refractivity contribution in [2.45, 2.75) is 13.8 Å². The highest BCUT2D eigenvalue weighted by Crippen LogP contribution is 2.58. The second-order valence-corrected chi connectivity index (χ2v) is 8.52. The zero-order valence-electron chi connectivity index (χ0n) is 14.7. The van der Waals surface area contributed by atoms with Crippen molar-refractivity contribution in [3.05, 3.63) is 106 Å². The third-order valence-corrected chi connectivity index (χ3v) is 7.03. The lowest BCUT2D eigenvalue weighted by atomic mass is 9.92. The largest absolute Gasteiger partial charge is 0.289 e. The summed E-state index contributed by atoms with van der Waals surface area (Å²) in [7, 11) is 3.58. The number of benzene rings is 2. The fourth-order valence-electron chi connectivity index (χ4n) is 3.19. The molecule has 0 unspecified atom stereocenters. The maximum atomic E-state index is 12.1. The van der Waals surface area contributed by atoms with Crippen LogP contribution in [0.25, 0.3) is 10.5 Å². The molecule has 0 radical (unpaired) electrons. The molecule has 2 aromatic rings. The maximum absolute atomic E-state index is 12.1. The minimum absolute atomic E-state index is 0.138. The van der Waals surface area contributed by atoms with Gasteiger partial charge < -0.3 is 0 Å². The van der Waals surface area contributed by atoms with Crippen molar-refractivity contribution in [1.82, 2.24) is 0 Å². The highest BCUT2D eigenvalue weighted by atomic mass is 33.1. The van der Waals surface area contributed by atoms with Gasteiger partial charge in [-0.3, -0.25) is 4.79 Å². The lowest BCUT2D eigenvalue weighted by Crippen LogP contribution is -2.06. The van der Waals surface area contributed by atoms with E-state index in [2.05, 4.69) is 48.5 Å². The van der Waals surface area contributed by atoms with Crippen molar-refractivity contribution >= 4 is 37.8 Å². The van der Waals surface area contributed by atoms with Gasteiger partial charge in [0.2, 0.25) is 0 Å². The topological polar surface area (TPSA) is 17.1 Å². The van der Waals surface area contributed by atoms with Crippen molar-refractivity contribution in [2.24, 2.45) is 0 Å². The molecule has 1 heterocycles. The van der Waals surface area contributed by atoms with E-state index in [1.165, 1.54) is 26.5 Å². The molecule has 0 bridgehead atoms. The second kappa shape index (κ2) is 7.18. The third-order valence-electron chi connectivity index (χ3n) is 4.48. The van der Waals surface area contributed by atoms with Gasteiger partial charge in [-0.15, -0.1) is 0 Å². The molecule has 1 nitrogen and oxygen atoms in total. The van der Waals surface area contributed by atoms with Crippen LogP contribution in [-0.4, -0.2) is 5.78 Å². The van der Waals surface area contributed by atoms with Gasteiger partial charge in [0, 0.05) is 15.4 Å². The summed E-state index contributed by atoms with van der Waals surface area (Å²) >= 11 is 0. The van der Waals surface area contributed by atoms with Crippen LogP contribution < -0.4 is 0 Å². The third kappa shape index (κ3) is 3.13. The molecular formula is C23H18OS2. The quantitative estimate of drug-likeness (QED) is 0.546. The molecule has 2 aliphatic rings. The fraction of sp³-hybridized carbons (Fsp3) is 0.0870. The average Bonchev–Trinajstić information content (AvgIpc) is 3.12. The number of carbonyl (C=O) groups is 1. The first-order chi connectivity index (χ1) is 12.6. The predicted octanol–water partition coefficient (Wildman–Crippen LogP) is 6.68. The minimum Gasteiger partial charge on any atom is -0.289 e. The van der Waals surface area contributed by atoms with E-state index < -0.39 is 0 Å². The monoisotopic (exact) mass is 374 g/mol. The summed E-state index contributed by atoms with van der Waals surface area (Å²) in [5.74, 6) is 0.138. The lowest BCUT2D eigenvalue weighted by molar-refractivity contribution is -0.112. The molecule has 2 aromatic carbocycles. The van der Waals surface area contributed by atoms with Crippen molar-refractivity contribution in [1.29, 1.82) is 0 Å². The SMILES string of the molecule is CC1=CC(=C2SSC(c3ccccc3)=C2c2ccccc2)C=C(C)C1=O. The Morgan fingerprint density at radius 1 is 0.654 bits per heavy atom. The van der Waals surface area contributed by atoms with Crippen molar-refractivity contribution in [2.75, 3.05) is 0 Å². The molecule has 0 spiro atoms. The van der Waals surface area contributed by atoms with Gasteiger partial charge in [-0.1, -0.05) is 82.3 Å². The van der Waals surface area contributed by atoms with E-state index in [1.54, 1.807) is 21.6 Å². The number of allylic oxidation sites excluding steroid dienone is 6. The van der Waals surface area contributed by atoms with Gasteiger partial charge in [0.25, 0.3) is 0 Å². The van der Waals surface area contributed by atoms with Crippen LogP contribution in [0.5, 0.6) is 0 Å². The highest BCUT2D eigenvalue weighted by molar-refractivity contribution is 8.82. The standard InChI is InChI=1S/C23H18OS2/c1-15-13-19(14-16(2)21(15)24)23-20(17-9-5-3-6-10-17)22(25-26-23)18-11-7-4-8-12-18/h3-14H,1-2H3. The number of ketones is 1. The molecule has 1 aliphatic heterocycles. The summed E-state index contributed by atoms with van der Waals surface area (Å²) in [5, 5.41) is 0. The Bertz CT molecular complexity index is 969. The lowest BCUT2D eigenvalue weighted by Gasteiger charge is -2.14. The van der Waals surface area contributed by atoms with Gasteiger partial charge in [0.1, 0.15) is 0 Å². The maximum Gasteiger partial charge on any atom is 0.184 e. The average molecular weight is 375 g/mol. The van der Waals surface area contributed by atoms with Gasteiger partial charge in [0.15, 0.2) is 5.78 Å². The van der Waals surface area contributed by atoms with Gasteiger partial charge in [-0.25, -0.2) is 0 Å². The minimum atomic E-state index is 0.138. The zero-order chi connectivity index (χ0) is 18.1. The van der Waals surface area contributed by atoms with E-state index in [-0.39, 0.29) is 5.78 Å². The Hall–Kier alpha value is -2.23. The van der Waals surface area contributed by atoms with E-state index in [4.69, 9.17) is 0 Å². The van der Waals surface area contributed by atoms with Crippen LogP contribution in [0.4, 0.5) is 0 Å². The van der Waals surface area contributed by atoms with E-state index >= 15 is 0 Å². The van der Waals surface area contributed by atoms with Crippen LogP contribution in [0.15, 0.2) is 94.4 Å². The molecule has 26 heavy (non-hydrogen) atoms. The molecule has 0 saturated carbocycles. The van der Waals surface area contributed by atoms with E-state index in [0.717, 1.165) is 16.7 Å². The summed E-state index contributed by atoms with van der Waals surface area (Å²) in [6, 6.07) is 21.0. The van der Waals surface area contributed by atoms with Crippen LogP contribution in [0.2, 0.25) is 0 Å². The van der Waals surface area contributed by atoms with Gasteiger partial charge in [-0.05, 0) is 53.8 Å². The number of rotatable bonds is 2. The highest BCUT2D eigenvalue weighted by Gasteiger charge is 2.27. The molecule has 128 valence electrons. The molecule has 0 fully saturated rings. The molecule has 1 aliphatic carbocycles. The summed E-state index contributed by atoms with van der Waals surface area (Å²) in [4.78, 5) is 14.6. The number of carbonyl (C=O) groups excluding carboxylic acids is 1. The van der Waals surface area contributed by atoms with Crippen molar-refractivity contribution in [3.8, 4) is 0 Å².